The average molecular weight is 303 g/mol. The molecule has 1 aromatic rings. The topological polar surface area (TPSA) is 43.7 Å². The first-order valence-electron chi connectivity index (χ1n) is 7.12. The molecule has 1 heterocycles. The van der Waals surface area contributed by atoms with Crippen LogP contribution in [0, 0.1) is 5.92 Å². The van der Waals surface area contributed by atoms with E-state index in [1.54, 1.807) is 4.90 Å². The number of nitrogens with zero attached hydrogens (tertiary/aromatic N) is 1. The molecule has 0 saturated carbocycles. The predicted octanol–water partition coefficient (Wildman–Crippen LogP) is 2.80. The first-order chi connectivity index (χ1) is 9.95. The summed E-state index contributed by atoms with van der Waals surface area (Å²) in [7, 11) is 0. The van der Waals surface area contributed by atoms with Crippen LogP contribution in [-0.2, 0) is 12.8 Å². The second-order valence-electron chi connectivity index (χ2n) is 5.47. The van der Waals surface area contributed by atoms with Gasteiger partial charge in [-0.05, 0) is 42.9 Å². The van der Waals surface area contributed by atoms with Crippen LogP contribution in [0.5, 0.6) is 0 Å². The van der Waals surface area contributed by atoms with Crippen LogP contribution in [0.3, 0.4) is 0 Å². The highest BCUT2D eigenvalue weighted by Gasteiger charge is 2.36. The monoisotopic (exact) mass is 303 g/mol. The molecule has 1 aromatic carbocycles. The van der Waals surface area contributed by atoms with Crippen LogP contribution in [0.25, 0.3) is 0 Å². The SMILES string of the molecule is OCCC1CCCN(c2ccc(CO)cc2C(F)(F)F)C1. The minimum atomic E-state index is -4.44. The normalized spacial score (nSPS) is 19.9. The predicted molar refractivity (Wildman–Crippen MR) is 74.0 cm³/mol. The van der Waals surface area contributed by atoms with Gasteiger partial charge in [0.05, 0.1) is 12.2 Å². The van der Waals surface area contributed by atoms with Gasteiger partial charge < -0.3 is 15.1 Å². The van der Waals surface area contributed by atoms with Crippen molar-refractivity contribution in [3.8, 4) is 0 Å². The second-order valence-corrected chi connectivity index (χ2v) is 5.47. The van der Waals surface area contributed by atoms with E-state index in [9.17, 15) is 13.2 Å². The fourth-order valence-electron chi connectivity index (χ4n) is 2.89. The number of aliphatic hydroxyl groups is 2. The molecule has 1 aliphatic heterocycles. The van der Waals surface area contributed by atoms with Gasteiger partial charge in [0, 0.05) is 25.4 Å². The van der Waals surface area contributed by atoms with E-state index in [0.717, 1.165) is 18.9 Å². The molecule has 6 heteroatoms. The Morgan fingerprint density at radius 2 is 2.00 bits per heavy atom. The largest absolute Gasteiger partial charge is 0.418 e. The van der Waals surface area contributed by atoms with Crippen LogP contribution in [0.2, 0.25) is 0 Å². The Kier molecular flexibility index (Phi) is 5.11. The Balaban J connectivity index is 2.29. The standard InChI is InChI=1S/C15H20F3NO2/c16-15(17,18)13-8-12(10-21)3-4-14(13)19-6-1-2-11(9-19)5-7-20/h3-4,8,11,20-21H,1-2,5-7,9-10H2. The van der Waals surface area contributed by atoms with Crippen LogP contribution in [0.15, 0.2) is 18.2 Å². The zero-order valence-electron chi connectivity index (χ0n) is 11.7. The summed E-state index contributed by atoms with van der Waals surface area (Å²) in [6.07, 6.45) is -2.06. The van der Waals surface area contributed by atoms with E-state index >= 15 is 0 Å². The Bertz CT molecular complexity index is 474. The van der Waals surface area contributed by atoms with Crippen molar-refractivity contribution in [3.63, 3.8) is 0 Å². The number of halogens is 3. The highest BCUT2D eigenvalue weighted by Crippen LogP contribution is 2.38. The third-order valence-corrected chi connectivity index (χ3v) is 3.95. The molecule has 0 aromatic heterocycles. The molecular formula is C15H20F3NO2. The van der Waals surface area contributed by atoms with E-state index in [0.29, 0.717) is 19.5 Å². The van der Waals surface area contributed by atoms with Crippen molar-refractivity contribution in [1.29, 1.82) is 0 Å². The van der Waals surface area contributed by atoms with E-state index in [1.807, 2.05) is 0 Å². The first-order valence-corrected chi connectivity index (χ1v) is 7.12. The Morgan fingerprint density at radius 1 is 1.24 bits per heavy atom. The van der Waals surface area contributed by atoms with Crippen molar-refractivity contribution >= 4 is 5.69 Å². The van der Waals surface area contributed by atoms with E-state index in [1.165, 1.54) is 12.1 Å². The van der Waals surface area contributed by atoms with Gasteiger partial charge in [-0.3, -0.25) is 0 Å². The van der Waals surface area contributed by atoms with Crippen molar-refractivity contribution in [2.24, 2.45) is 5.92 Å². The summed E-state index contributed by atoms with van der Waals surface area (Å²) < 4.78 is 39.6. The zero-order valence-corrected chi connectivity index (χ0v) is 11.7. The fraction of sp³-hybridized carbons (Fsp3) is 0.600. The number of aliphatic hydroxyl groups excluding tert-OH is 2. The van der Waals surface area contributed by atoms with E-state index in [2.05, 4.69) is 0 Å². The minimum Gasteiger partial charge on any atom is -0.396 e. The molecule has 1 fully saturated rings. The number of hydrogen-bond donors (Lipinski definition) is 2. The molecule has 118 valence electrons. The Morgan fingerprint density at radius 3 is 2.62 bits per heavy atom. The lowest BCUT2D eigenvalue weighted by molar-refractivity contribution is -0.137. The van der Waals surface area contributed by atoms with Crippen LogP contribution < -0.4 is 4.90 Å². The highest BCUT2D eigenvalue weighted by atomic mass is 19.4. The van der Waals surface area contributed by atoms with E-state index in [4.69, 9.17) is 10.2 Å². The lowest BCUT2D eigenvalue weighted by atomic mass is 9.94. The Labute approximate surface area is 122 Å². The third kappa shape index (κ3) is 3.89. The van der Waals surface area contributed by atoms with Crippen LogP contribution in [-0.4, -0.2) is 29.9 Å². The molecule has 1 aliphatic rings. The number of rotatable bonds is 4. The molecule has 21 heavy (non-hydrogen) atoms. The third-order valence-electron chi connectivity index (χ3n) is 3.95. The molecule has 1 atom stereocenters. The van der Waals surface area contributed by atoms with Crippen molar-refractivity contribution in [3.05, 3.63) is 29.3 Å². The van der Waals surface area contributed by atoms with Crippen LogP contribution >= 0.6 is 0 Å². The molecular weight excluding hydrogens is 283 g/mol. The van der Waals surface area contributed by atoms with Gasteiger partial charge in [0.1, 0.15) is 0 Å². The van der Waals surface area contributed by atoms with Crippen molar-refractivity contribution in [1.82, 2.24) is 0 Å². The van der Waals surface area contributed by atoms with E-state index < -0.39 is 18.3 Å². The van der Waals surface area contributed by atoms with Gasteiger partial charge in [0.15, 0.2) is 0 Å². The van der Waals surface area contributed by atoms with Crippen LogP contribution in [0.1, 0.15) is 30.4 Å². The molecule has 0 bridgehead atoms. The summed E-state index contributed by atoms with van der Waals surface area (Å²) in [6.45, 7) is 0.774. The summed E-state index contributed by atoms with van der Waals surface area (Å²) in [5.41, 5.74) is -0.268. The maximum Gasteiger partial charge on any atom is 0.418 e. The molecule has 2 rings (SSSR count). The number of hydrogen-bond acceptors (Lipinski definition) is 3. The number of piperidine rings is 1. The maximum absolute atomic E-state index is 13.2. The lowest BCUT2D eigenvalue weighted by Crippen LogP contribution is -2.37. The molecule has 1 unspecified atom stereocenters. The van der Waals surface area contributed by atoms with Gasteiger partial charge in [-0.15, -0.1) is 0 Å². The van der Waals surface area contributed by atoms with Gasteiger partial charge in [-0.1, -0.05) is 6.07 Å². The van der Waals surface area contributed by atoms with Crippen LogP contribution in [0.4, 0.5) is 18.9 Å². The van der Waals surface area contributed by atoms with Crippen molar-refractivity contribution in [2.45, 2.75) is 32.0 Å². The number of benzene rings is 1. The molecule has 0 spiro atoms. The molecule has 0 aliphatic carbocycles. The van der Waals surface area contributed by atoms with Gasteiger partial charge in [0.2, 0.25) is 0 Å². The van der Waals surface area contributed by atoms with E-state index in [-0.39, 0.29) is 23.8 Å². The number of anilines is 1. The summed E-state index contributed by atoms with van der Waals surface area (Å²) in [5, 5.41) is 18.0. The van der Waals surface area contributed by atoms with Gasteiger partial charge in [0.25, 0.3) is 0 Å². The second kappa shape index (κ2) is 6.66. The lowest BCUT2D eigenvalue weighted by Gasteiger charge is -2.35. The number of alkyl halides is 3. The van der Waals surface area contributed by atoms with Gasteiger partial charge in [-0.25, -0.2) is 0 Å². The first kappa shape index (κ1) is 16.1. The molecule has 1 saturated heterocycles. The average Bonchev–Trinajstić information content (AvgIpc) is 2.46. The van der Waals surface area contributed by atoms with Crippen molar-refractivity contribution < 1.29 is 23.4 Å². The summed E-state index contributed by atoms with van der Waals surface area (Å²) in [6, 6.07) is 3.99. The molecule has 2 N–H and O–H groups in total. The highest BCUT2D eigenvalue weighted by molar-refractivity contribution is 5.56. The smallest absolute Gasteiger partial charge is 0.396 e. The minimum absolute atomic E-state index is 0.0636. The summed E-state index contributed by atoms with van der Waals surface area (Å²) >= 11 is 0. The molecule has 0 amide bonds. The Hall–Kier alpha value is -1.27. The van der Waals surface area contributed by atoms with Gasteiger partial charge >= 0.3 is 6.18 Å². The quantitative estimate of drug-likeness (QED) is 0.899. The summed E-state index contributed by atoms with van der Waals surface area (Å²) in [4.78, 5) is 1.74. The zero-order chi connectivity index (χ0) is 15.5. The molecule has 3 nitrogen and oxygen atoms in total. The maximum atomic E-state index is 13.2. The molecule has 0 radical (unpaired) electrons. The fourth-order valence-corrected chi connectivity index (χ4v) is 2.89. The van der Waals surface area contributed by atoms with Crippen molar-refractivity contribution in [2.75, 3.05) is 24.6 Å². The van der Waals surface area contributed by atoms with Gasteiger partial charge in [-0.2, -0.15) is 13.2 Å². The summed E-state index contributed by atoms with van der Waals surface area (Å²) in [5.74, 6) is 0.224.